The summed E-state index contributed by atoms with van der Waals surface area (Å²) in [6.07, 6.45) is 1.02. The van der Waals surface area contributed by atoms with E-state index in [1.165, 1.54) is 27.9 Å². The van der Waals surface area contributed by atoms with Crippen molar-refractivity contribution >= 4 is 5.69 Å². The molecule has 2 N–H and O–H groups in total. The Bertz CT molecular complexity index is 575. The molecule has 2 rings (SSSR count). The minimum absolute atomic E-state index is 0.615. The van der Waals surface area contributed by atoms with E-state index in [0.717, 1.165) is 13.0 Å². The van der Waals surface area contributed by atoms with Gasteiger partial charge in [0.1, 0.15) is 0 Å². The molecule has 0 aliphatic rings. The lowest BCUT2D eigenvalue weighted by molar-refractivity contribution is 0.858. The van der Waals surface area contributed by atoms with E-state index in [4.69, 9.17) is 5.73 Å². The Morgan fingerprint density at radius 1 is 1.00 bits per heavy atom. The Labute approximate surface area is 122 Å². The molecule has 2 nitrogen and oxygen atoms in total. The third kappa shape index (κ3) is 3.40. The molecule has 2 heteroatoms. The van der Waals surface area contributed by atoms with Crippen LogP contribution in [0.15, 0.2) is 42.5 Å². The largest absolute Gasteiger partial charge is 0.374 e. The summed E-state index contributed by atoms with van der Waals surface area (Å²) >= 11 is 0. The van der Waals surface area contributed by atoms with Gasteiger partial charge in [0.2, 0.25) is 0 Å². The Hall–Kier alpha value is -1.80. The van der Waals surface area contributed by atoms with E-state index in [1.54, 1.807) is 0 Å². The summed E-state index contributed by atoms with van der Waals surface area (Å²) < 4.78 is 0. The maximum atomic E-state index is 5.80. The highest BCUT2D eigenvalue weighted by Crippen LogP contribution is 2.20. The predicted molar refractivity (Wildman–Crippen MR) is 87.2 cm³/mol. The number of nitrogens with zero attached hydrogens (tertiary/aromatic N) is 1. The van der Waals surface area contributed by atoms with Crippen LogP contribution in [0.5, 0.6) is 0 Å². The summed E-state index contributed by atoms with van der Waals surface area (Å²) in [4.78, 5) is 2.32. The Morgan fingerprint density at radius 2 is 1.70 bits per heavy atom. The highest BCUT2D eigenvalue weighted by atomic mass is 15.1. The average molecular weight is 268 g/mol. The van der Waals surface area contributed by atoms with Gasteiger partial charge < -0.3 is 10.6 Å². The lowest BCUT2D eigenvalue weighted by Gasteiger charge is -2.22. The second-order valence-corrected chi connectivity index (χ2v) is 5.43. The number of hydrogen-bond donors (Lipinski definition) is 1. The Kier molecular flexibility index (Phi) is 4.80. The first-order valence-corrected chi connectivity index (χ1v) is 7.17. The smallest absolute Gasteiger partial charge is 0.0393 e. The Balaban J connectivity index is 2.06. The van der Waals surface area contributed by atoms with Crippen molar-refractivity contribution < 1.29 is 0 Å². The molecule has 0 amide bonds. The monoisotopic (exact) mass is 268 g/mol. The fraction of sp³-hybridized carbons (Fsp3) is 0.333. The highest BCUT2D eigenvalue weighted by Gasteiger charge is 2.06. The second-order valence-electron chi connectivity index (χ2n) is 5.43. The zero-order valence-corrected chi connectivity index (χ0v) is 12.7. The van der Waals surface area contributed by atoms with E-state index in [0.29, 0.717) is 6.54 Å². The molecule has 0 saturated heterocycles. The standard InChI is InChI=1S/C18H24N2/c1-14-8-9-18(15(2)12-14)20(3)11-10-16-6-4-5-7-17(16)13-19/h4-9,12H,10-11,13,19H2,1-3H3. The molecule has 0 saturated carbocycles. The zero-order valence-electron chi connectivity index (χ0n) is 12.7. The fourth-order valence-corrected chi connectivity index (χ4v) is 2.64. The molecule has 0 bridgehead atoms. The van der Waals surface area contributed by atoms with Crippen molar-refractivity contribution in [2.45, 2.75) is 26.8 Å². The Morgan fingerprint density at radius 3 is 2.35 bits per heavy atom. The van der Waals surface area contributed by atoms with Crippen LogP contribution in [0.3, 0.4) is 0 Å². The summed E-state index contributed by atoms with van der Waals surface area (Å²) in [5.41, 5.74) is 12.4. The van der Waals surface area contributed by atoms with Gasteiger partial charge in [-0.2, -0.15) is 0 Å². The molecule has 0 heterocycles. The SMILES string of the molecule is Cc1ccc(N(C)CCc2ccccc2CN)c(C)c1. The topological polar surface area (TPSA) is 29.3 Å². The molecule has 106 valence electrons. The zero-order chi connectivity index (χ0) is 14.5. The molecular formula is C18H24N2. The molecule has 0 aromatic heterocycles. The van der Waals surface area contributed by atoms with Crippen LogP contribution in [-0.2, 0) is 13.0 Å². The number of aryl methyl sites for hydroxylation is 2. The van der Waals surface area contributed by atoms with E-state index in [2.05, 4.69) is 68.3 Å². The van der Waals surface area contributed by atoms with Gasteiger partial charge in [0.15, 0.2) is 0 Å². The molecule has 0 spiro atoms. The molecule has 0 fully saturated rings. The fourth-order valence-electron chi connectivity index (χ4n) is 2.64. The molecule has 0 aliphatic carbocycles. The molecule has 2 aromatic carbocycles. The minimum atomic E-state index is 0.615. The quantitative estimate of drug-likeness (QED) is 0.900. The lowest BCUT2D eigenvalue weighted by Crippen LogP contribution is -2.21. The van der Waals surface area contributed by atoms with Crippen LogP contribution >= 0.6 is 0 Å². The highest BCUT2D eigenvalue weighted by molar-refractivity contribution is 5.53. The molecule has 2 aromatic rings. The van der Waals surface area contributed by atoms with Gasteiger partial charge in [-0.3, -0.25) is 0 Å². The third-order valence-corrected chi connectivity index (χ3v) is 3.82. The van der Waals surface area contributed by atoms with Crippen molar-refractivity contribution in [1.82, 2.24) is 0 Å². The van der Waals surface area contributed by atoms with Crippen LogP contribution in [0, 0.1) is 13.8 Å². The van der Waals surface area contributed by atoms with E-state index < -0.39 is 0 Å². The van der Waals surface area contributed by atoms with Crippen molar-refractivity contribution in [3.63, 3.8) is 0 Å². The molecular weight excluding hydrogens is 244 g/mol. The van der Waals surface area contributed by atoms with Crippen LogP contribution in [0.25, 0.3) is 0 Å². The van der Waals surface area contributed by atoms with E-state index in [9.17, 15) is 0 Å². The van der Waals surface area contributed by atoms with Crippen molar-refractivity contribution in [3.8, 4) is 0 Å². The van der Waals surface area contributed by atoms with E-state index in [-0.39, 0.29) is 0 Å². The second kappa shape index (κ2) is 6.58. The van der Waals surface area contributed by atoms with Crippen molar-refractivity contribution in [1.29, 1.82) is 0 Å². The van der Waals surface area contributed by atoms with Gasteiger partial charge in [-0.15, -0.1) is 0 Å². The number of anilines is 1. The van der Waals surface area contributed by atoms with Gasteiger partial charge in [-0.05, 0) is 43.0 Å². The predicted octanol–water partition coefficient (Wildman–Crippen LogP) is 3.44. The number of nitrogens with two attached hydrogens (primary N) is 1. The first-order chi connectivity index (χ1) is 9.61. The summed E-state index contributed by atoms with van der Waals surface area (Å²) in [5, 5.41) is 0. The molecule has 0 atom stereocenters. The van der Waals surface area contributed by atoms with Crippen molar-refractivity contribution in [2.24, 2.45) is 5.73 Å². The molecule has 20 heavy (non-hydrogen) atoms. The van der Waals surface area contributed by atoms with Crippen LogP contribution < -0.4 is 10.6 Å². The van der Waals surface area contributed by atoms with Crippen molar-refractivity contribution in [2.75, 3.05) is 18.5 Å². The number of likely N-dealkylation sites (N-methyl/N-ethyl adjacent to an activating group) is 1. The summed E-state index contributed by atoms with van der Waals surface area (Å²) in [7, 11) is 2.16. The minimum Gasteiger partial charge on any atom is -0.374 e. The van der Waals surface area contributed by atoms with Gasteiger partial charge in [0.25, 0.3) is 0 Å². The van der Waals surface area contributed by atoms with Crippen LogP contribution in [-0.4, -0.2) is 13.6 Å². The number of rotatable bonds is 5. The van der Waals surface area contributed by atoms with Gasteiger partial charge in [0.05, 0.1) is 0 Å². The molecule has 0 aliphatic heterocycles. The van der Waals surface area contributed by atoms with Gasteiger partial charge in [-0.25, -0.2) is 0 Å². The molecule has 0 radical (unpaired) electrons. The normalized spacial score (nSPS) is 10.6. The molecule has 0 unspecified atom stereocenters. The first-order valence-electron chi connectivity index (χ1n) is 7.17. The van der Waals surface area contributed by atoms with Crippen LogP contribution in [0.4, 0.5) is 5.69 Å². The van der Waals surface area contributed by atoms with Crippen LogP contribution in [0.1, 0.15) is 22.3 Å². The number of hydrogen-bond acceptors (Lipinski definition) is 2. The van der Waals surface area contributed by atoms with Gasteiger partial charge >= 0.3 is 0 Å². The first kappa shape index (κ1) is 14.6. The lowest BCUT2D eigenvalue weighted by atomic mass is 10.0. The summed E-state index contributed by atoms with van der Waals surface area (Å²) in [6.45, 7) is 5.92. The third-order valence-electron chi connectivity index (χ3n) is 3.82. The van der Waals surface area contributed by atoms with Crippen LogP contribution in [0.2, 0.25) is 0 Å². The summed E-state index contributed by atoms with van der Waals surface area (Å²) in [5.74, 6) is 0. The van der Waals surface area contributed by atoms with Crippen molar-refractivity contribution in [3.05, 3.63) is 64.7 Å². The average Bonchev–Trinajstić information content (AvgIpc) is 2.45. The van der Waals surface area contributed by atoms with E-state index in [1.807, 2.05) is 0 Å². The maximum Gasteiger partial charge on any atom is 0.0393 e. The van der Waals surface area contributed by atoms with Gasteiger partial charge in [-0.1, -0.05) is 42.0 Å². The maximum absolute atomic E-state index is 5.80. The van der Waals surface area contributed by atoms with E-state index >= 15 is 0 Å². The van der Waals surface area contributed by atoms with Gasteiger partial charge in [0, 0.05) is 25.8 Å². The number of benzene rings is 2. The summed E-state index contributed by atoms with van der Waals surface area (Å²) in [6, 6.07) is 15.1.